The molecule has 154 valence electrons. The summed E-state index contributed by atoms with van der Waals surface area (Å²) in [5, 5.41) is 0. The standard InChI is InChI=1S/C17H24O5.H8O2Si3/c1-12(2)10-11-22-17(18)16(21-5)15(20-4)13-8-6-7-9-14(13)19-3;3-1-5-2-4/h6-9,12H,10-11H2,1-5H3;5H2,3-4H3. The second-order valence-corrected chi connectivity index (χ2v) is 10.6. The highest BCUT2D eigenvalue weighted by atomic mass is 28.3. The summed E-state index contributed by atoms with van der Waals surface area (Å²) in [7, 11) is 5.71. The van der Waals surface area contributed by atoms with Crippen molar-refractivity contribution in [3.05, 3.63) is 35.6 Å². The number of carbonyl (C=O) groups is 1. The van der Waals surface area contributed by atoms with Gasteiger partial charge in [0.1, 0.15) is 26.7 Å². The molecular weight excluding hydrogens is 400 g/mol. The van der Waals surface area contributed by atoms with Gasteiger partial charge in [-0.15, -0.1) is 0 Å². The van der Waals surface area contributed by atoms with E-state index >= 15 is 0 Å². The molecule has 0 N–H and O–H groups in total. The molecule has 0 spiro atoms. The molecule has 0 heterocycles. The Hall–Kier alpha value is -1.60. The number of carbonyl (C=O) groups excluding carboxylic acids is 1. The Morgan fingerprint density at radius 3 is 2.15 bits per heavy atom. The van der Waals surface area contributed by atoms with Gasteiger partial charge in [-0.1, -0.05) is 26.0 Å². The molecule has 0 unspecified atom stereocenters. The summed E-state index contributed by atoms with van der Waals surface area (Å²) in [6.45, 7) is 4.47. The first-order valence-electron chi connectivity index (χ1n) is 8.57. The number of ether oxygens (including phenoxy) is 4. The first kappa shape index (κ1) is 25.4. The van der Waals surface area contributed by atoms with Crippen molar-refractivity contribution < 1.29 is 32.0 Å². The maximum absolute atomic E-state index is 12.2. The van der Waals surface area contributed by atoms with Gasteiger partial charge in [0.15, 0.2) is 5.76 Å². The van der Waals surface area contributed by atoms with Gasteiger partial charge >= 0.3 is 5.97 Å². The van der Waals surface area contributed by atoms with Crippen LogP contribution in [0.3, 0.4) is 0 Å². The fraction of sp³-hybridized carbons (Fsp3) is 0.471. The van der Waals surface area contributed by atoms with Crippen LogP contribution < -0.4 is 4.74 Å². The molecule has 0 aromatic heterocycles. The molecule has 0 saturated carbocycles. The van der Waals surface area contributed by atoms with E-state index in [2.05, 4.69) is 13.8 Å². The molecule has 0 aliphatic carbocycles. The predicted molar refractivity (Wildman–Crippen MR) is 115 cm³/mol. The van der Waals surface area contributed by atoms with Gasteiger partial charge in [0.05, 0.1) is 33.5 Å². The first-order valence-corrected chi connectivity index (χ1v) is 11.4. The van der Waals surface area contributed by atoms with E-state index in [4.69, 9.17) is 27.2 Å². The van der Waals surface area contributed by atoms with E-state index < -0.39 is 16.0 Å². The number of hydrogen-bond acceptors (Lipinski definition) is 7. The van der Waals surface area contributed by atoms with Crippen molar-refractivity contribution in [3.63, 3.8) is 0 Å². The van der Waals surface area contributed by atoms with Gasteiger partial charge in [-0.25, -0.2) is 4.79 Å². The van der Waals surface area contributed by atoms with Gasteiger partial charge in [0, 0.05) is 0 Å². The molecule has 10 heteroatoms. The van der Waals surface area contributed by atoms with E-state index in [0.29, 0.717) is 23.8 Å². The number of benzene rings is 1. The minimum atomic E-state index is -0.550. The summed E-state index contributed by atoms with van der Waals surface area (Å²) >= 11 is 0. The Balaban J connectivity index is 0.00000119. The van der Waals surface area contributed by atoms with Crippen LogP contribution in [0, 0.1) is 5.92 Å². The maximum Gasteiger partial charge on any atom is 0.377 e. The van der Waals surface area contributed by atoms with Crippen LogP contribution in [0.1, 0.15) is 25.8 Å². The largest absolute Gasteiger partial charge is 0.496 e. The zero-order valence-corrected chi connectivity index (χ0v) is 22.8. The Morgan fingerprint density at radius 1 is 1.07 bits per heavy atom. The lowest BCUT2D eigenvalue weighted by molar-refractivity contribution is -0.142. The van der Waals surface area contributed by atoms with E-state index in [1.807, 2.05) is 12.1 Å². The first-order chi connectivity index (χ1) is 13.0. The highest BCUT2D eigenvalue weighted by Crippen LogP contribution is 2.29. The average molecular weight is 433 g/mol. The number of methoxy groups -OCH3 is 3. The van der Waals surface area contributed by atoms with E-state index in [-0.39, 0.29) is 11.5 Å². The van der Waals surface area contributed by atoms with Crippen molar-refractivity contribution in [2.24, 2.45) is 5.92 Å². The molecule has 0 radical (unpaired) electrons. The molecule has 0 atom stereocenters. The van der Waals surface area contributed by atoms with Gasteiger partial charge < -0.3 is 27.2 Å². The molecule has 0 aliphatic heterocycles. The van der Waals surface area contributed by atoms with Crippen LogP contribution in [-0.2, 0) is 27.2 Å². The van der Waals surface area contributed by atoms with E-state index in [1.165, 1.54) is 14.2 Å². The molecule has 0 fully saturated rings. The summed E-state index contributed by atoms with van der Waals surface area (Å²) in [5.41, 5.74) is 0.630. The van der Waals surface area contributed by atoms with Crippen LogP contribution in [-0.4, -0.2) is 64.9 Å². The molecule has 27 heavy (non-hydrogen) atoms. The summed E-state index contributed by atoms with van der Waals surface area (Å²) in [4.78, 5) is 12.2. The van der Waals surface area contributed by atoms with Crippen LogP contribution in [0.25, 0.3) is 5.76 Å². The zero-order chi connectivity index (χ0) is 20.7. The van der Waals surface area contributed by atoms with Crippen LogP contribution in [0.2, 0.25) is 0 Å². The number of hydrogen-bond donors (Lipinski definition) is 0. The van der Waals surface area contributed by atoms with Gasteiger partial charge in [-0.3, -0.25) is 0 Å². The van der Waals surface area contributed by atoms with Crippen LogP contribution in [0.5, 0.6) is 5.75 Å². The SMILES string of the molecule is COC(C(=O)OCCC(C)C)=C(OC)c1ccccc1OC.[SiH3]O[SiH2]O[SiH3]. The molecule has 1 rings (SSSR count). The highest BCUT2D eigenvalue weighted by Gasteiger charge is 2.22. The summed E-state index contributed by atoms with van der Waals surface area (Å²) in [6.07, 6.45) is 0.791. The van der Waals surface area contributed by atoms with Crippen molar-refractivity contribution in [2.45, 2.75) is 20.3 Å². The molecule has 7 nitrogen and oxygen atoms in total. The Labute approximate surface area is 170 Å². The predicted octanol–water partition coefficient (Wildman–Crippen LogP) is -0.175. The van der Waals surface area contributed by atoms with Crippen molar-refractivity contribution in [2.75, 3.05) is 27.9 Å². The number of para-hydroxylation sites is 1. The molecule has 1 aromatic carbocycles. The van der Waals surface area contributed by atoms with Crippen molar-refractivity contribution in [3.8, 4) is 5.75 Å². The number of esters is 1. The van der Waals surface area contributed by atoms with Crippen molar-refractivity contribution in [1.29, 1.82) is 0 Å². The third-order valence-corrected chi connectivity index (χ3v) is 5.20. The van der Waals surface area contributed by atoms with Crippen LogP contribution >= 0.6 is 0 Å². The quantitative estimate of drug-likeness (QED) is 0.220. The lowest BCUT2D eigenvalue weighted by atomic mass is 10.1. The Kier molecular flexibility index (Phi) is 14.5. The number of rotatable bonds is 10. The highest BCUT2D eigenvalue weighted by molar-refractivity contribution is 6.33. The van der Waals surface area contributed by atoms with E-state index in [9.17, 15) is 4.79 Å². The lowest BCUT2D eigenvalue weighted by Crippen LogP contribution is -2.14. The summed E-state index contributed by atoms with van der Waals surface area (Å²) in [5.74, 6) is 0.805. The zero-order valence-electron chi connectivity index (χ0n) is 17.4. The smallest absolute Gasteiger partial charge is 0.377 e. The third-order valence-electron chi connectivity index (χ3n) is 3.32. The Bertz CT molecular complexity index is 577. The van der Waals surface area contributed by atoms with Gasteiger partial charge in [0.25, 0.3) is 10.0 Å². The molecule has 0 bridgehead atoms. The minimum absolute atomic E-state index is 0.0238. The lowest BCUT2D eigenvalue weighted by Gasteiger charge is -2.15. The second-order valence-electron chi connectivity index (χ2n) is 5.78. The normalized spacial score (nSPS) is 11.8. The van der Waals surface area contributed by atoms with E-state index in [0.717, 1.165) is 27.4 Å². The fourth-order valence-electron chi connectivity index (χ4n) is 2.00. The molecule has 0 saturated heterocycles. The van der Waals surface area contributed by atoms with Gasteiger partial charge in [0.2, 0.25) is 5.76 Å². The van der Waals surface area contributed by atoms with Crippen molar-refractivity contribution in [1.82, 2.24) is 0 Å². The second kappa shape index (κ2) is 15.5. The molecule has 1 aromatic rings. The Morgan fingerprint density at radius 2 is 1.70 bits per heavy atom. The maximum atomic E-state index is 12.2. The summed E-state index contributed by atoms with van der Waals surface area (Å²) in [6, 6.07) is 7.24. The fourth-order valence-corrected chi connectivity index (χ4v) is 5.06. The molecule has 0 amide bonds. The minimum Gasteiger partial charge on any atom is -0.496 e. The molecular formula is C17H32O7Si3. The molecule has 0 aliphatic rings. The average Bonchev–Trinajstić information content (AvgIpc) is 2.66. The van der Waals surface area contributed by atoms with Crippen molar-refractivity contribution >= 4 is 42.7 Å². The van der Waals surface area contributed by atoms with Crippen LogP contribution in [0.15, 0.2) is 30.0 Å². The van der Waals surface area contributed by atoms with Gasteiger partial charge in [-0.2, -0.15) is 0 Å². The third kappa shape index (κ3) is 9.77. The van der Waals surface area contributed by atoms with Crippen LogP contribution in [0.4, 0.5) is 0 Å². The topological polar surface area (TPSA) is 72.5 Å². The van der Waals surface area contributed by atoms with E-state index in [1.54, 1.807) is 19.2 Å². The summed E-state index contributed by atoms with van der Waals surface area (Å²) < 4.78 is 30.7. The van der Waals surface area contributed by atoms with Gasteiger partial charge in [-0.05, 0) is 24.5 Å². The monoisotopic (exact) mass is 432 g/mol.